The van der Waals surface area contributed by atoms with E-state index in [2.05, 4.69) is 241 Å². The summed E-state index contributed by atoms with van der Waals surface area (Å²) in [5, 5.41) is 3.77. The molecule has 364 valence electrons. The van der Waals surface area contributed by atoms with Crippen molar-refractivity contribution in [3.8, 4) is 11.1 Å². The van der Waals surface area contributed by atoms with E-state index in [0.29, 0.717) is 0 Å². The van der Waals surface area contributed by atoms with Crippen molar-refractivity contribution in [2.75, 3.05) is 9.80 Å². The van der Waals surface area contributed by atoms with E-state index < -0.39 is 0 Å². The molecule has 0 saturated heterocycles. The van der Waals surface area contributed by atoms with Crippen molar-refractivity contribution in [1.29, 1.82) is 0 Å². The Hall–Kier alpha value is -5.12. The highest BCUT2D eigenvalue weighted by molar-refractivity contribution is 7.17. The summed E-state index contributed by atoms with van der Waals surface area (Å²) in [5.74, 6) is 0. The number of anilines is 6. The Labute approximate surface area is 426 Å². The number of nitrogens with zero attached hydrogens (tertiary/aromatic N) is 2. The van der Waals surface area contributed by atoms with E-state index in [1.807, 2.05) is 11.3 Å². The molecule has 6 aromatic carbocycles. The molecule has 0 aliphatic heterocycles. The summed E-state index contributed by atoms with van der Waals surface area (Å²) in [6.07, 6.45) is 7.11. The van der Waals surface area contributed by atoms with Crippen molar-refractivity contribution in [3.05, 3.63) is 165 Å². The van der Waals surface area contributed by atoms with Crippen molar-refractivity contribution in [3.63, 3.8) is 0 Å². The number of fused-ring (bicyclic) bond motifs is 4. The van der Waals surface area contributed by atoms with Crippen LogP contribution in [0.4, 0.5) is 34.1 Å². The van der Waals surface area contributed by atoms with E-state index in [1.54, 1.807) is 0 Å². The van der Waals surface area contributed by atoms with Crippen LogP contribution < -0.4 is 9.80 Å². The quantitative estimate of drug-likeness (QED) is 0.157. The Morgan fingerprint density at radius 1 is 0.414 bits per heavy atom. The second-order valence-corrected chi connectivity index (χ2v) is 27.7. The predicted molar refractivity (Wildman–Crippen MR) is 306 cm³/mol. The maximum absolute atomic E-state index is 2.62. The number of hydrogen-bond acceptors (Lipinski definition) is 3. The lowest BCUT2D eigenvalue weighted by Gasteiger charge is -2.43. The van der Waals surface area contributed by atoms with Gasteiger partial charge in [-0.1, -0.05) is 152 Å². The number of benzene rings is 6. The summed E-state index contributed by atoms with van der Waals surface area (Å²) in [6, 6.07) is 45.8. The molecular formula is C67H80N2S. The minimum Gasteiger partial charge on any atom is -0.310 e. The van der Waals surface area contributed by atoms with Crippen molar-refractivity contribution in [2.45, 2.75) is 187 Å². The smallest absolute Gasteiger partial charge is 0.0647 e. The van der Waals surface area contributed by atoms with Crippen LogP contribution in [-0.2, 0) is 37.9 Å². The van der Waals surface area contributed by atoms with E-state index in [-0.39, 0.29) is 37.9 Å². The van der Waals surface area contributed by atoms with Gasteiger partial charge in [-0.25, -0.2) is 0 Å². The number of hydrogen-bond donors (Lipinski definition) is 0. The van der Waals surface area contributed by atoms with Crippen LogP contribution in [-0.4, -0.2) is 0 Å². The molecule has 0 spiro atoms. The van der Waals surface area contributed by atoms with Crippen molar-refractivity contribution < 1.29 is 0 Å². The van der Waals surface area contributed by atoms with E-state index >= 15 is 0 Å². The molecule has 1 heterocycles. The Bertz CT molecular complexity index is 3080. The number of thiophene rings is 1. The van der Waals surface area contributed by atoms with Gasteiger partial charge < -0.3 is 9.80 Å². The van der Waals surface area contributed by atoms with Crippen LogP contribution in [0.2, 0.25) is 0 Å². The molecule has 0 fully saturated rings. The van der Waals surface area contributed by atoms with Gasteiger partial charge in [-0.15, -0.1) is 11.3 Å². The molecule has 0 radical (unpaired) electrons. The van der Waals surface area contributed by atoms with E-state index in [0.717, 1.165) is 5.69 Å². The van der Waals surface area contributed by atoms with E-state index in [9.17, 15) is 0 Å². The Kier molecular flexibility index (Phi) is 11.4. The first-order valence-corrected chi connectivity index (χ1v) is 27.3. The molecule has 0 saturated carbocycles. The second kappa shape index (κ2) is 16.5. The minimum absolute atomic E-state index is 0.0201. The van der Waals surface area contributed by atoms with Crippen molar-refractivity contribution in [2.24, 2.45) is 0 Å². The summed E-state index contributed by atoms with van der Waals surface area (Å²) in [6.45, 7) is 38.7. The number of rotatable bonds is 7. The molecule has 0 bridgehead atoms. The van der Waals surface area contributed by atoms with Gasteiger partial charge in [-0.05, 0) is 200 Å². The average Bonchev–Trinajstić information content (AvgIpc) is 3.71. The predicted octanol–water partition coefficient (Wildman–Crippen LogP) is 20.2. The molecule has 0 unspecified atom stereocenters. The molecule has 10 rings (SSSR count). The second-order valence-electron chi connectivity index (χ2n) is 26.8. The van der Waals surface area contributed by atoms with Crippen LogP contribution in [0.15, 0.2) is 121 Å². The van der Waals surface area contributed by atoms with Gasteiger partial charge in [0.05, 0.1) is 11.4 Å². The van der Waals surface area contributed by atoms with Crippen LogP contribution in [0, 0.1) is 6.92 Å². The van der Waals surface area contributed by atoms with Gasteiger partial charge in [0.15, 0.2) is 0 Å². The molecular weight excluding hydrogens is 865 g/mol. The summed E-state index contributed by atoms with van der Waals surface area (Å²) in [4.78, 5) is 5.21. The zero-order valence-electron chi connectivity index (χ0n) is 45.6. The molecule has 1 aromatic heterocycles. The maximum atomic E-state index is 2.62. The maximum Gasteiger partial charge on any atom is 0.0647 e. The van der Waals surface area contributed by atoms with Gasteiger partial charge in [0.1, 0.15) is 0 Å². The first-order chi connectivity index (χ1) is 32.7. The van der Waals surface area contributed by atoms with Crippen LogP contribution >= 0.6 is 11.3 Å². The normalized spacial score (nSPS) is 19.2. The molecule has 2 nitrogen and oxygen atoms in total. The highest BCUT2D eigenvalue weighted by Gasteiger charge is 2.41. The zero-order chi connectivity index (χ0) is 50.1. The Morgan fingerprint density at radius 2 is 0.871 bits per heavy atom. The summed E-state index contributed by atoms with van der Waals surface area (Å²) >= 11 is 1.90. The molecule has 3 aliphatic carbocycles. The zero-order valence-corrected chi connectivity index (χ0v) is 46.4. The minimum atomic E-state index is -0.0201. The fourth-order valence-electron chi connectivity index (χ4n) is 12.6. The number of aryl methyl sites for hydroxylation is 1. The highest BCUT2D eigenvalue weighted by Crippen LogP contribution is 2.55. The van der Waals surface area contributed by atoms with Gasteiger partial charge in [0, 0.05) is 43.8 Å². The third-order valence-electron chi connectivity index (χ3n) is 17.7. The van der Waals surface area contributed by atoms with Crippen LogP contribution in [0.3, 0.4) is 0 Å². The topological polar surface area (TPSA) is 6.48 Å². The molecule has 0 amide bonds. The summed E-state index contributed by atoms with van der Waals surface area (Å²) in [5.41, 5.74) is 21.7. The molecule has 0 N–H and O–H groups in total. The van der Waals surface area contributed by atoms with Crippen molar-refractivity contribution in [1.82, 2.24) is 0 Å². The summed E-state index contributed by atoms with van der Waals surface area (Å²) in [7, 11) is 0. The first kappa shape index (κ1) is 48.5. The average molecular weight is 945 g/mol. The lowest BCUT2D eigenvalue weighted by atomic mass is 9.63. The monoisotopic (exact) mass is 945 g/mol. The highest BCUT2D eigenvalue weighted by atomic mass is 32.1. The van der Waals surface area contributed by atoms with E-state index in [1.165, 1.54) is 133 Å². The molecule has 70 heavy (non-hydrogen) atoms. The fraction of sp³-hybridized carbons (Fsp3) is 0.433. The van der Waals surface area contributed by atoms with Gasteiger partial charge in [-0.2, -0.15) is 0 Å². The van der Waals surface area contributed by atoms with Crippen LogP contribution in [0.1, 0.15) is 187 Å². The van der Waals surface area contributed by atoms with Crippen LogP contribution in [0.25, 0.3) is 21.2 Å². The molecule has 7 aromatic rings. The SMILES string of the molecule is Cc1cc(N(c2ccc3c(c2)C(C)(C)CCC3(C)C)c2ccc3c(c2)C(C)(C)CCC3(C)C)cc(N(c2ccc(C(C)(C)C)cc2-c2ccccc2)c2csc3cc4c(cc23)C(C)(C)CCC4(C)C)c1. The van der Waals surface area contributed by atoms with E-state index in [4.69, 9.17) is 0 Å². The van der Waals surface area contributed by atoms with Gasteiger partial charge >= 0.3 is 0 Å². The fourth-order valence-corrected chi connectivity index (χ4v) is 13.5. The van der Waals surface area contributed by atoms with Gasteiger partial charge in [0.25, 0.3) is 0 Å². The molecule has 3 heteroatoms. The molecule has 3 aliphatic rings. The van der Waals surface area contributed by atoms with Crippen molar-refractivity contribution >= 4 is 55.5 Å². The van der Waals surface area contributed by atoms with Crippen LogP contribution in [0.5, 0.6) is 0 Å². The molecule has 0 atom stereocenters. The summed E-state index contributed by atoms with van der Waals surface area (Å²) < 4.78 is 1.35. The third-order valence-corrected chi connectivity index (χ3v) is 18.6. The Morgan fingerprint density at radius 3 is 1.37 bits per heavy atom. The lowest BCUT2D eigenvalue weighted by Crippen LogP contribution is -2.34. The largest absolute Gasteiger partial charge is 0.310 e. The third kappa shape index (κ3) is 8.34. The van der Waals surface area contributed by atoms with Gasteiger partial charge in [0.2, 0.25) is 0 Å². The lowest BCUT2D eigenvalue weighted by molar-refractivity contribution is 0.332. The standard InChI is InChI=1S/C67H80N2S/c1-43-34-48(68(46-23-25-52-54(38-46)64(9,10)30-28-62(52,5)6)47-24-26-53-55(39-47)65(11,12)31-29-63(53,7)8)37-49(35-43)69(58-27-22-45(61(2,3)4)36-50(58)44-20-18-17-19-21-44)59-42-70-60-41-57-56(40-51(59)60)66(13,14)32-33-67(57,15)16/h17-27,34-42H,28-33H2,1-16H3. The first-order valence-electron chi connectivity index (χ1n) is 26.5. The Balaban J connectivity index is 1.26. The van der Waals surface area contributed by atoms with Gasteiger partial charge in [-0.3, -0.25) is 0 Å².